The molecule has 0 fully saturated rings. The van der Waals surface area contributed by atoms with Crippen LogP contribution in [0.1, 0.15) is 51.3 Å². The summed E-state index contributed by atoms with van der Waals surface area (Å²) < 4.78 is 2.59. The van der Waals surface area contributed by atoms with Gasteiger partial charge in [0, 0.05) is 12.5 Å². The molecule has 0 saturated carbocycles. The molecule has 102 valence electrons. The number of H-pyrrole nitrogens is 1. The normalized spacial score (nSPS) is 14.4. The Morgan fingerprint density at radius 3 is 2.89 bits per heavy atom. The van der Waals surface area contributed by atoms with E-state index in [2.05, 4.69) is 23.7 Å². The van der Waals surface area contributed by atoms with Crippen LogP contribution in [0.25, 0.3) is 0 Å². The highest BCUT2D eigenvalue weighted by Crippen LogP contribution is 2.25. The predicted octanol–water partition coefficient (Wildman–Crippen LogP) is 3.17. The molecule has 0 spiro atoms. The van der Waals surface area contributed by atoms with Gasteiger partial charge in [0.1, 0.15) is 5.82 Å². The third kappa shape index (κ3) is 4.07. The van der Waals surface area contributed by atoms with Crippen LogP contribution >= 0.6 is 12.2 Å². The molecule has 0 aliphatic heterocycles. The zero-order valence-electron chi connectivity index (χ0n) is 11.2. The number of nitrogens with one attached hydrogen (secondary N) is 1. The van der Waals surface area contributed by atoms with E-state index in [0.717, 1.165) is 31.5 Å². The molecule has 2 N–H and O–H groups in total. The van der Waals surface area contributed by atoms with Crippen LogP contribution in [0.4, 0.5) is 0 Å². The van der Waals surface area contributed by atoms with Crippen molar-refractivity contribution >= 4 is 12.2 Å². The number of aromatic amines is 1. The Morgan fingerprint density at radius 2 is 2.33 bits per heavy atom. The molecule has 4 nitrogen and oxygen atoms in total. The van der Waals surface area contributed by atoms with Crippen molar-refractivity contribution in [1.82, 2.24) is 14.8 Å². The number of allylic oxidation sites excluding steroid dienone is 1. The van der Waals surface area contributed by atoms with Gasteiger partial charge in [0.05, 0.1) is 6.10 Å². The lowest BCUT2D eigenvalue weighted by Gasteiger charge is -2.18. The maximum absolute atomic E-state index is 9.62. The van der Waals surface area contributed by atoms with Crippen LogP contribution in [0, 0.1) is 4.77 Å². The molecule has 2 atom stereocenters. The van der Waals surface area contributed by atoms with Crippen LogP contribution in [-0.4, -0.2) is 26.0 Å². The number of nitrogens with zero attached hydrogens (tertiary/aromatic N) is 2. The van der Waals surface area contributed by atoms with Crippen LogP contribution in [0.5, 0.6) is 0 Å². The first-order valence-electron chi connectivity index (χ1n) is 6.54. The summed E-state index contributed by atoms with van der Waals surface area (Å²) in [5, 5.41) is 16.8. The fourth-order valence-corrected chi connectivity index (χ4v) is 2.38. The number of aliphatic hydroxyl groups is 1. The molecular formula is C13H23N3OS. The summed E-state index contributed by atoms with van der Waals surface area (Å²) in [5.41, 5.74) is 0. The zero-order chi connectivity index (χ0) is 13.5. The Kier molecular flexibility index (Phi) is 6.29. The van der Waals surface area contributed by atoms with E-state index in [4.69, 9.17) is 12.2 Å². The molecule has 0 aromatic carbocycles. The molecule has 18 heavy (non-hydrogen) atoms. The van der Waals surface area contributed by atoms with Gasteiger partial charge < -0.3 is 9.67 Å². The van der Waals surface area contributed by atoms with Crippen molar-refractivity contribution in [3.8, 4) is 0 Å². The summed E-state index contributed by atoms with van der Waals surface area (Å²) in [6, 6.07) is 0. The number of hydrogen-bond donors (Lipinski definition) is 2. The third-order valence-electron chi connectivity index (χ3n) is 3.00. The summed E-state index contributed by atoms with van der Waals surface area (Å²) in [7, 11) is 0. The first-order valence-corrected chi connectivity index (χ1v) is 6.95. The molecule has 0 aliphatic rings. The van der Waals surface area contributed by atoms with Gasteiger partial charge in [-0.05, 0) is 32.0 Å². The molecule has 1 aromatic heterocycles. The highest BCUT2D eigenvalue weighted by atomic mass is 32.1. The second-order valence-electron chi connectivity index (χ2n) is 4.71. The summed E-state index contributed by atoms with van der Waals surface area (Å²) in [4.78, 5) is 0. The largest absolute Gasteiger partial charge is 0.393 e. The third-order valence-corrected chi connectivity index (χ3v) is 3.31. The van der Waals surface area contributed by atoms with Crippen molar-refractivity contribution in [2.75, 3.05) is 0 Å². The first-order chi connectivity index (χ1) is 8.60. The van der Waals surface area contributed by atoms with Crippen LogP contribution in [0.3, 0.4) is 0 Å². The lowest BCUT2D eigenvalue weighted by atomic mass is 9.95. The van der Waals surface area contributed by atoms with E-state index in [1.54, 1.807) is 0 Å². The average molecular weight is 269 g/mol. The Balaban J connectivity index is 2.95. The second-order valence-corrected chi connectivity index (χ2v) is 5.10. The molecule has 1 aromatic rings. The molecule has 0 aliphatic carbocycles. The highest BCUT2D eigenvalue weighted by molar-refractivity contribution is 7.71. The van der Waals surface area contributed by atoms with Gasteiger partial charge in [0.2, 0.25) is 0 Å². The summed E-state index contributed by atoms with van der Waals surface area (Å²) >= 11 is 5.22. The maximum atomic E-state index is 9.62. The van der Waals surface area contributed by atoms with E-state index in [0.29, 0.717) is 11.3 Å². The first kappa shape index (κ1) is 15.1. The lowest BCUT2D eigenvalue weighted by Crippen LogP contribution is -2.14. The van der Waals surface area contributed by atoms with E-state index in [9.17, 15) is 5.11 Å². The molecule has 0 unspecified atom stereocenters. The Hall–Kier alpha value is -0.940. The number of rotatable bonds is 8. The van der Waals surface area contributed by atoms with E-state index in [1.807, 2.05) is 17.6 Å². The number of unbranched alkanes of at least 4 members (excludes halogenated alkanes) is 1. The molecule has 0 amide bonds. The smallest absolute Gasteiger partial charge is 0.195 e. The van der Waals surface area contributed by atoms with Crippen molar-refractivity contribution in [2.24, 2.45) is 0 Å². The van der Waals surface area contributed by atoms with Crippen LogP contribution in [-0.2, 0) is 6.54 Å². The van der Waals surface area contributed by atoms with Crippen molar-refractivity contribution in [1.29, 1.82) is 0 Å². The van der Waals surface area contributed by atoms with Crippen molar-refractivity contribution in [3.63, 3.8) is 0 Å². The zero-order valence-corrected chi connectivity index (χ0v) is 12.0. The molecule has 5 heteroatoms. The fraction of sp³-hybridized carbons (Fsp3) is 0.692. The molecular weight excluding hydrogens is 246 g/mol. The summed E-state index contributed by atoms with van der Waals surface area (Å²) in [5.74, 6) is 1.19. The molecule has 0 radical (unpaired) electrons. The van der Waals surface area contributed by atoms with E-state index >= 15 is 0 Å². The van der Waals surface area contributed by atoms with Crippen molar-refractivity contribution in [2.45, 2.75) is 58.1 Å². The van der Waals surface area contributed by atoms with Crippen molar-refractivity contribution in [3.05, 3.63) is 23.3 Å². The van der Waals surface area contributed by atoms with Gasteiger partial charge in [-0.15, -0.1) is 6.58 Å². The SMILES string of the molecule is C=CCn1c([C@H](CCCC)C[C@@H](C)O)n[nH]c1=S. The van der Waals surface area contributed by atoms with Crippen LogP contribution in [0.2, 0.25) is 0 Å². The van der Waals surface area contributed by atoms with Gasteiger partial charge in [0.25, 0.3) is 0 Å². The second kappa shape index (κ2) is 7.48. The molecule has 0 saturated heterocycles. The molecule has 1 rings (SSSR count). The van der Waals surface area contributed by atoms with Crippen LogP contribution < -0.4 is 0 Å². The van der Waals surface area contributed by atoms with Gasteiger partial charge >= 0.3 is 0 Å². The quantitative estimate of drug-likeness (QED) is 0.563. The van der Waals surface area contributed by atoms with Gasteiger partial charge in [-0.1, -0.05) is 25.8 Å². The number of aliphatic hydroxyl groups excluding tert-OH is 1. The molecule has 0 bridgehead atoms. The number of hydrogen-bond acceptors (Lipinski definition) is 3. The summed E-state index contributed by atoms with van der Waals surface area (Å²) in [6.45, 7) is 8.39. The monoisotopic (exact) mass is 269 g/mol. The lowest BCUT2D eigenvalue weighted by molar-refractivity contribution is 0.169. The topological polar surface area (TPSA) is 53.8 Å². The maximum Gasteiger partial charge on any atom is 0.195 e. The Labute approximate surface area is 114 Å². The van der Waals surface area contributed by atoms with Gasteiger partial charge in [-0.2, -0.15) is 5.10 Å². The van der Waals surface area contributed by atoms with E-state index < -0.39 is 0 Å². The Morgan fingerprint density at radius 1 is 1.61 bits per heavy atom. The minimum Gasteiger partial charge on any atom is -0.393 e. The minimum absolute atomic E-state index is 0.248. The predicted molar refractivity (Wildman–Crippen MR) is 76.2 cm³/mol. The van der Waals surface area contributed by atoms with E-state index in [1.165, 1.54) is 0 Å². The minimum atomic E-state index is -0.325. The van der Waals surface area contributed by atoms with Gasteiger partial charge in [0.15, 0.2) is 4.77 Å². The Bertz CT molecular complexity index is 422. The number of aromatic nitrogens is 3. The van der Waals surface area contributed by atoms with Gasteiger partial charge in [-0.25, -0.2) is 0 Å². The van der Waals surface area contributed by atoms with Gasteiger partial charge in [-0.3, -0.25) is 5.10 Å². The van der Waals surface area contributed by atoms with Crippen molar-refractivity contribution < 1.29 is 5.11 Å². The fourth-order valence-electron chi connectivity index (χ4n) is 2.16. The highest BCUT2D eigenvalue weighted by Gasteiger charge is 2.19. The van der Waals surface area contributed by atoms with E-state index in [-0.39, 0.29) is 12.0 Å². The standard InChI is InChI=1S/C13H23N3OS/c1-4-6-7-11(9-10(3)17)12-14-15-13(18)16(12)8-5-2/h5,10-11,17H,2,4,6-9H2,1,3H3,(H,15,18)/t10-,11-/m1/s1. The van der Waals surface area contributed by atoms with Crippen LogP contribution in [0.15, 0.2) is 12.7 Å². The molecule has 1 heterocycles. The average Bonchev–Trinajstić information content (AvgIpc) is 2.67. The summed E-state index contributed by atoms with van der Waals surface area (Å²) in [6.07, 6.45) is 5.51.